The number of amides is 3. The summed E-state index contributed by atoms with van der Waals surface area (Å²) in [6, 6.07) is 21.4. The second-order valence-electron chi connectivity index (χ2n) is 10.2. The van der Waals surface area contributed by atoms with Crippen LogP contribution >= 0.6 is 0 Å². The van der Waals surface area contributed by atoms with Gasteiger partial charge in [-0.2, -0.15) is 0 Å². The van der Waals surface area contributed by atoms with Gasteiger partial charge in [0.1, 0.15) is 5.75 Å². The third-order valence-electron chi connectivity index (χ3n) is 6.69. The quantitative estimate of drug-likeness (QED) is 0.235. The summed E-state index contributed by atoms with van der Waals surface area (Å²) in [5.74, 6) is 1.36. The topological polar surface area (TPSA) is 109 Å². The lowest BCUT2D eigenvalue weighted by atomic mass is 10.1. The smallest absolute Gasteiger partial charge is 0.226 e. The number of pyridine rings is 1. The maximum atomic E-state index is 12.2. The van der Waals surface area contributed by atoms with Crippen molar-refractivity contribution in [2.75, 3.05) is 19.7 Å². The van der Waals surface area contributed by atoms with Crippen molar-refractivity contribution in [2.24, 2.45) is 5.92 Å². The molecule has 1 aliphatic rings. The molecular formula is C32H38N4O4. The minimum atomic E-state index is -0.0615. The molecule has 3 N–H and O–H groups in total. The van der Waals surface area contributed by atoms with Gasteiger partial charge in [0.15, 0.2) is 0 Å². The molecule has 0 radical (unpaired) electrons. The molecule has 0 aliphatic heterocycles. The number of hydrogen-bond donors (Lipinski definition) is 3. The zero-order valence-electron chi connectivity index (χ0n) is 22.9. The Kier molecular flexibility index (Phi) is 11.1. The lowest BCUT2D eigenvalue weighted by molar-refractivity contribution is -0.123. The molecule has 1 fully saturated rings. The second-order valence-corrected chi connectivity index (χ2v) is 10.2. The van der Waals surface area contributed by atoms with Crippen LogP contribution < -0.4 is 20.7 Å². The van der Waals surface area contributed by atoms with Crippen molar-refractivity contribution in [2.45, 2.75) is 51.5 Å². The van der Waals surface area contributed by atoms with Crippen molar-refractivity contribution in [3.8, 4) is 16.9 Å². The van der Waals surface area contributed by atoms with Crippen LogP contribution in [0.25, 0.3) is 11.1 Å². The van der Waals surface area contributed by atoms with E-state index in [0.717, 1.165) is 34.7 Å². The van der Waals surface area contributed by atoms with Crippen LogP contribution in [-0.4, -0.2) is 42.4 Å². The SMILES string of the molecule is O=C(CCCC(=O)NCC1CC1)NCCCOc1ccc(-c2ccc(CC(=O)NCc3ccccc3)nc2)cc1. The molecule has 8 nitrogen and oxygen atoms in total. The van der Waals surface area contributed by atoms with Crippen LogP contribution in [0.4, 0.5) is 0 Å². The summed E-state index contributed by atoms with van der Waals surface area (Å²) < 4.78 is 5.80. The van der Waals surface area contributed by atoms with Crippen molar-refractivity contribution < 1.29 is 19.1 Å². The Morgan fingerprint density at radius 3 is 2.20 bits per heavy atom. The number of hydrogen-bond acceptors (Lipinski definition) is 5. The Labute approximate surface area is 235 Å². The fraction of sp³-hybridized carbons (Fsp3) is 0.375. The first-order chi connectivity index (χ1) is 19.5. The van der Waals surface area contributed by atoms with Gasteiger partial charge in [-0.05, 0) is 60.9 Å². The van der Waals surface area contributed by atoms with Crippen LogP contribution in [0.15, 0.2) is 72.9 Å². The molecule has 3 amide bonds. The van der Waals surface area contributed by atoms with Crippen molar-refractivity contribution in [3.63, 3.8) is 0 Å². The van der Waals surface area contributed by atoms with Crippen molar-refractivity contribution in [3.05, 3.63) is 84.2 Å². The van der Waals surface area contributed by atoms with E-state index in [1.807, 2.05) is 66.7 Å². The highest BCUT2D eigenvalue weighted by Crippen LogP contribution is 2.27. The number of nitrogens with zero attached hydrogens (tertiary/aromatic N) is 1. The van der Waals surface area contributed by atoms with Gasteiger partial charge in [0, 0.05) is 49.9 Å². The summed E-state index contributed by atoms with van der Waals surface area (Å²) in [4.78, 5) is 40.4. The number of carbonyl (C=O) groups is 3. The van der Waals surface area contributed by atoms with E-state index in [9.17, 15) is 14.4 Å². The van der Waals surface area contributed by atoms with Crippen LogP contribution in [0.5, 0.6) is 5.75 Å². The van der Waals surface area contributed by atoms with Crippen molar-refractivity contribution in [1.29, 1.82) is 0 Å². The summed E-state index contributed by atoms with van der Waals surface area (Å²) in [6.07, 6.45) is 6.44. The molecule has 0 spiro atoms. The monoisotopic (exact) mass is 542 g/mol. The number of rotatable bonds is 16. The van der Waals surface area contributed by atoms with E-state index in [4.69, 9.17) is 4.74 Å². The molecule has 40 heavy (non-hydrogen) atoms. The standard InChI is InChI=1S/C32H38N4O4/c37-30(8-4-9-31(38)35-22-25-10-11-25)33-18-5-19-40-29-16-13-26(14-17-29)27-12-15-28(34-23-27)20-32(39)36-21-24-6-2-1-3-7-24/h1-3,6-7,12-17,23,25H,4-5,8-11,18-22H2,(H,33,37)(H,35,38)(H,36,39). The highest BCUT2D eigenvalue weighted by atomic mass is 16.5. The van der Waals surface area contributed by atoms with Crippen LogP contribution in [0, 0.1) is 5.92 Å². The molecule has 8 heteroatoms. The highest BCUT2D eigenvalue weighted by Gasteiger charge is 2.21. The first-order valence-electron chi connectivity index (χ1n) is 14.1. The fourth-order valence-corrected chi connectivity index (χ4v) is 4.12. The van der Waals surface area contributed by atoms with E-state index < -0.39 is 0 Å². The lowest BCUT2D eigenvalue weighted by Gasteiger charge is -2.09. The van der Waals surface area contributed by atoms with Crippen LogP contribution in [-0.2, 0) is 27.3 Å². The van der Waals surface area contributed by atoms with Gasteiger partial charge in [0.2, 0.25) is 17.7 Å². The van der Waals surface area contributed by atoms with Crippen LogP contribution in [0.1, 0.15) is 49.8 Å². The molecule has 1 aliphatic carbocycles. The molecule has 0 atom stereocenters. The van der Waals surface area contributed by atoms with Gasteiger partial charge in [-0.3, -0.25) is 19.4 Å². The molecule has 2 aromatic carbocycles. The molecule has 0 bridgehead atoms. The van der Waals surface area contributed by atoms with Gasteiger partial charge >= 0.3 is 0 Å². The molecule has 1 saturated carbocycles. The number of benzene rings is 2. The highest BCUT2D eigenvalue weighted by molar-refractivity contribution is 5.79. The third kappa shape index (κ3) is 10.5. The minimum absolute atomic E-state index is 0.0339. The molecular weight excluding hydrogens is 504 g/mol. The Bertz CT molecular complexity index is 1230. The second kappa shape index (κ2) is 15.4. The number of carbonyl (C=O) groups excluding carboxylic acids is 3. The molecule has 0 saturated heterocycles. The summed E-state index contributed by atoms with van der Waals surface area (Å²) in [5.41, 5.74) is 3.75. The van der Waals surface area contributed by atoms with Gasteiger partial charge in [0.25, 0.3) is 0 Å². The summed E-state index contributed by atoms with van der Waals surface area (Å²) >= 11 is 0. The van der Waals surface area contributed by atoms with E-state index in [2.05, 4.69) is 20.9 Å². The maximum absolute atomic E-state index is 12.2. The number of aromatic nitrogens is 1. The Balaban J connectivity index is 1.08. The van der Waals surface area contributed by atoms with Gasteiger partial charge in [-0.15, -0.1) is 0 Å². The van der Waals surface area contributed by atoms with Crippen LogP contribution in [0.2, 0.25) is 0 Å². The lowest BCUT2D eigenvalue weighted by Crippen LogP contribution is -2.27. The van der Waals surface area contributed by atoms with E-state index >= 15 is 0 Å². The van der Waals surface area contributed by atoms with E-state index in [0.29, 0.717) is 51.3 Å². The van der Waals surface area contributed by atoms with Gasteiger partial charge in [-0.25, -0.2) is 0 Å². The van der Waals surface area contributed by atoms with E-state index in [1.165, 1.54) is 12.8 Å². The largest absolute Gasteiger partial charge is 0.494 e. The molecule has 1 aromatic heterocycles. The Morgan fingerprint density at radius 1 is 0.775 bits per heavy atom. The maximum Gasteiger partial charge on any atom is 0.226 e. The summed E-state index contributed by atoms with van der Waals surface area (Å²) in [6.45, 7) is 2.30. The molecule has 4 rings (SSSR count). The Morgan fingerprint density at radius 2 is 1.50 bits per heavy atom. The van der Waals surface area contributed by atoms with Crippen molar-refractivity contribution >= 4 is 17.7 Å². The zero-order valence-corrected chi connectivity index (χ0v) is 22.9. The number of nitrogens with one attached hydrogen (secondary N) is 3. The van der Waals surface area contributed by atoms with E-state index in [-0.39, 0.29) is 24.1 Å². The van der Waals surface area contributed by atoms with Gasteiger partial charge in [-0.1, -0.05) is 48.5 Å². The summed E-state index contributed by atoms with van der Waals surface area (Å²) in [7, 11) is 0. The predicted octanol–water partition coefficient (Wildman–Crippen LogP) is 4.19. The molecule has 0 unspecified atom stereocenters. The Hall–Kier alpha value is -4.20. The third-order valence-corrected chi connectivity index (χ3v) is 6.69. The van der Waals surface area contributed by atoms with Crippen molar-refractivity contribution in [1.82, 2.24) is 20.9 Å². The van der Waals surface area contributed by atoms with Gasteiger partial charge in [0.05, 0.1) is 13.0 Å². The first kappa shape index (κ1) is 28.8. The van der Waals surface area contributed by atoms with E-state index in [1.54, 1.807) is 6.20 Å². The zero-order chi connectivity index (χ0) is 28.0. The van der Waals surface area contributed by atoms with Gasteiger partial charge < -0.3 is 20.7 Å². The number of ether oxygens (including phenoxy) is 1. The molecule has 1 heterocycles. The molecule has 210 valence electrons. The average molecular weight is 543 g/mol. The fourth-order valence-electron chi connectivity index (χ4n) is 4.12. The first-order valence-corrected chi connectivity index (χ1v) is 14.1. The summed E-state index contributed by atoms with van der Waals surface area (Å²) in [5, 5.41) is 8.72. The minimum Gasteiger partial charge on any atom is -0.494 e. The van der Waals surface area contributed by atoms with Crippen LogP contribution in [0.3, 0.4) is 0 Å². The average Bonchev–Trinajstić information content (AvgIpc) is 3.81. The predicted molar refractivity (Wildman–Crippen MR) is 154 cm³/mol. The molecule has 3 aromatic rings. The normalized spacial score (nSPS) is 12.4.